The van der Waals surface area contributed by atoms with Gasteiger partial charge in [0.15, 0.2) is 0 Å². The molecule has 2 amide bonds. The number of nitrogens with one attached hydrogen (secondary N) is 2. The molecule has 1 aromatic carbocycles. The van der Waals surface area contributed by atoms with Gasteiger partial charge in [0.25, 0.3) is 0 Å². The van der Waals surface area contributed by atoms with Crippen LogP contribution in [0, 0.1) is 0 Å². The summed E-state index contributed by atoms with van der Waals surface area (Å²) in [6, 6.07) is 14.2. The number of para-hydroxylation sites is 1. The molecule has 0 saturated heterocycles. The molecule has 2 heterocycles. The van der Waals surface area contributed by atoms with E-state index in [4.69, 9.17) is 0 Å². The van der Waals surface area contributed by atoms with Gasteiger partial charge < -0.3 is 15.5 Å². The first-order valence-electron chi connectivity index (χ1n) is 8.00. The maximum atomic E-state index is 11.9. The average Bonchev–Trinajstić information content (AvgIpc) is 3.03. The van der Waals surface area contributed by atoms with E-state index in [2.05, 4.69) is 51.7 Å². The van der Waals surface area contributed by atoms with E-state index < -0.39 is 0 Å². The highest BCUT2D eigenvalue weighted by atomic mass is 16.2. The van der Waals surface area contributed by atoms with Gasteiger partial charge in [-0.25, -0.2) is 4.79 Å². The third kappa shape index (κ3) is 3.80. The van der Waals surface area contributed by atoms with Crippen molar-refractivity contribution in [2.24, 2.45) is 0 Å². The Morgan fingerprint density at radius 3 is 2.87 bits per heavy atom. The van der Waals surface area contributed by atoms with Crippen LogP contribution in [0.15, 0.2) is 48.7 Å². The molecule has 0 unspecified atom stereocenters. The molecule has 0 spiro atoms. The fourth-order valence-corrected chi connectivity index (χ4v) is 2.91. The number of nitrogens with zero attached hydrogens (tertiary/aromatic N) is 2. The molecule has 2 aromatic rings. The molecule has 0 radical (unpaired) electrons. The largest absolute Gasteiger partial charge is 0.366 e. The lowest BCUT2D eigenvalue weighted by Crippen LogP contribution is -2.44. The Morgan fingerprint density at radius 1 is 1.22 bits per heavy atom. The van der Waals surface area contributed by atoms with Crippen molar-refractivity contribution in [3.8, 4) is 0 Å². The summed E-state index contributed by atoms with van der Waals surface area (Å²) in [4.78, 5) is 18.5. The van der Waals surface area contributed by atoms with Crippen molar-refractivity contribution in [3.63, 3.8) is 0 Å². The fraction of sp³-hybridized carbons (Fsp3) is 0.333. The van der Waals surface area contributed by atoms with Crippen LogP contribution < -0.4 is 15.5 Å². The Balaban J connectivity index is 1.46. The van der Waals surface area contributed by atoms with Crippen LogP contribution in [0.25, 0.3) is 0 Å². The number of pyridine rings is 1. The first-order valence-corrected chi connectivity index (χ1v) is 8.00. The molecule has 0 bridgehead atoms. The van der Waals surface area contributed by atoms with Crippen molar-refractivity contribution in [1.29, 1.82) is 0 Å². The zero-order valence-electron chi connectivity index (χ0n) is 13.3. The van der Waals surface area contributed by atoms with Gasteiger partial charge in [-0.3, -0.25) is 4.98 Å². The lowest BCUT2D eigenvalue weighted by Gasteiger charge is -2.27. The molecule has 0 aliphatic carbocycles. The number of hydrogen-bond acceptors (Lipinski definition) is 3. The molecule has 2 N–H and O–H groups in total. The molecule has 3 rings (SSSR count). The lowest BCUT2D eigenvalue weighted by atomic mass is 10.2. The maximum absolute atomic E-state index is 11.9. The minimum atomic E-state index is -0.157. The number of hydrogen-bond donors (Lipinski definition) is 2. The van der Waals surface area contributed by atoms with E-state index in [9.17, 15) is 4.79 Å². The number of rotatable bonds is 5. The SMILES string of the molecule is C[C@H](CNC(=O)NCc1ccccn1)N1CCc2ccccc21. The number of fused-ring (bicyclic) bond motifs is 1. The van der Waals surface area contributed by atoms with Crippen LogP contribution in [0.5, 0.6) is 0 Å². The summed E-state index contributed by atoms with van der Waals surface area (Å²) >= 11 is 0. The van der Waals surface area contributed by atoms with Crippen LogP contribution >= 0.6 is 0 Å². The molecule has 5 heteroatoms. The van der Waals surface area contributed by atoms with Gasteiger partial charge in [0.1, 0.15) is 0 Å². The molecule has 1 aliphatic heterocycles. The second-order valence-electron chi connectivity index (χ2n) is 5.81. The van der Waals surface area contributed by atoms with Crippen LogP contribution in [0.3, 0.4) is 0 Å². The summed E-state index contributed by atoms with van der Waals surface area (Å²) in [5, 5.41) is 5.77. The Bertz CT molecular complexity index is 659. The standard InChI is InChI=1S/C18H22N4O/c1-14(22-11-9-15-6-2-3-8-17(15)22)12-20-18(23)21-13-16-7-4-5-10-19-16/h2-8,10,14H,9,11-13H2,1H3,(H2,20,21,23)/t14-/m1/s1. The van der Waals surface area contributed by atoms with Crippen molar-refractivity contribution in [2.75, 3.05) is 18.0 Å². The normalized spacial score (nSPS) is 14.2. The van der Waals surface area contributed by atoms with Crippen LogP contribution in [-0.2, 0) is 13.0 Å². The van der Waals surface area contributed by atoms with E-state index in [1.54, 1.807) is 6.20 Å². The van der Waals surface area contributed by atoms with Crippen molar-refractivity contribution in [2.45, 2.75) is 25.9 Å². The highest BCUT2D eigenvalue weighted by molar-refractivity contribution is 5.73. The van der Waals surface area contributed by atoms with Gasteiger partial charge in [-0.15, -0.1) is 0 Å². The predicted molar refractivity (Wildman–Crippen MR) is 91.4 cm³/mol. The van der Waals surface area contributed by atoms with Crippen LogP contribution in [-0.4, -0.2) is 30.1 Å². The number of amides is 2. The van der Waals surface area contributed by atoms with Gasteiger partial charge in [-0.05, 0) is 37.1 Å². The van der Waals surface area contributed by atoms with Gasteiger partial charge in [0, 0.05) is 31.0 Å². The second-order valence-corrected chi connectivity index (χ2v) is 5.81. The Labute approximate surface area is 136 Å². The fourth-order valence-electron chi connectivity index (χ4n) is 2.91. The maximum Gasteiger partial charge on any atom is 0.315 e. The van der Waals surface area contributed by atoms with Crippen molar-refractivity contribution >= 4 is 11.7 Å². The number of benzene rings is 1. The van der Waals surface area contributed by atoms with Gasteiger partial charge in [0.2, 0.25) is 0 Å². The van der Waals surface area contributed by atoms with E-state index in [0.29, 0.717) is 13.1 Å². The van der Waals surface area contributed by atoms with Gasteiger partial charge in [-0.1, -0.05) is 24.3 Å². The van der Waals surface area contributed by atoms with Gasteiger partial charge in [-0.2, -0.15) is 0 Å². The molecule has 0 saturated carbocycles. The van der Waals surface area contributed by atoms with E-state index in [0.717, 1.165) is 18.7 Å². The average molecular weight is 310 g/mol. The molecule has 1 aliphatic rings. The first kappa shape index (κ1) is 15.3. The Morgan fingerprint density at radius 2 is 2.04 bits per heavy atom. The smallest absolute Gasteiger partial charge is 0.315 e. The molecular weight excluding hydrogens is 288 g/mol. The topological polar surface area (TPSA) is 57.3 Å². The number of aromatic nitrogens is 1. The summed E-state index contributed by atoms with van der Waals surface area (Å²) in [7, 11) is 0. The van der Waals surface area contributed by atoms with E-state index >= 15 is 0 Å². The molecule has 120 valence electrons. The predicted octanol–water partition coefficient (Wildman–Crippen LogP) is 2.33. The molecule has 0 fully saturated rings. The van der Waals surface area contributed by atoms with Crippen LogP contribution in [0.1, 0.15) is 18.2 Å². The minimum Gasteiger partial charge on any atom is -0.366 e. The summed E-state index contributed by atoms with van der Waals surface area (Å²) in [5.74, 6) is 0. The molecule has 23 heavy (non-hydrogen) atoms. The highest BCUT2D eigenvalue weighted by Gasteiger charge is 2.22. The summed E-state index contributed by atoms with van der Waals surface area (Å²) in [6.45, 7) is 4.20. The van der Waals surface area contributed by atoms with Gasteiger partial charge in [0.05, 0.1) is 12.2 Å². The molecule has 5 nitrogen and oxygen atoms in total. The minimum absolute atomic E-state index is 0.157. The number of carbonyl (C=O) groups is 1. The van der Waals surface area contributed by atoms with Crippen molar-refractivity contribution < 1.29 is 4.79 Å². The van der Waals surface area contributed by atoms with Crippen molar-refractivity contribution in [3.05, 3.63) is 59.9 Å². The molecule has 1 aromatic heterocycles. The number of anilines is 1. The summed E-state index contributed by atoms with van der Waals surface area (Å²) < 4.78 is 0. The Kier molecular flexibility index (Phi) is 4.76. The molecule has 1 atom stereocenters. The molecular formula is C18H22N4O. The number of carbonyl (C=O) groups excluding carboxylic acids is 1. The number of urea groups is 1. The highest BCUT2D eigenvalue weighted by Crippen LogP contribution is 2.28. The zero-order chi connectivity index (χ0) is 16.1. The van der Waals surface area contributed by atoms with E-state index in [1.165, 1.54) is 11.3 Å². The summed E-state index contributed by atoms with van der Waals surface area (Å²) in [5.41, 5.74) is 3.53. The van der Waals surface area contributed by atoms with Crippen LogP contribution in [0.2, 0.25) is 0 Å². The monoisotopic (exact) mass is 310 g/mol. The van der Waals surface area contributed by atoms with E-state index in [1.807, 2.05) is 18.2 Å². The summed E-state index contributed by atoms with van der Waals surface area (Å²) in [6.07, 6.45) is 2.80. The second kappa shape index (κ2) is 7.13. The van der Waals surface area contributed by atoms with Gasteiger partial charge >= 0.3 is 6.03 Å². The third-order valence-electron chi connectivity index (χ3n) is 4.17. The zero-order valence-corrected chi connectivity index (χ0v) is 13.3. The quantitative estimate of drug-likeness (QED) is 0.891. The third-order valence-corrected chi connectivity index (χ3v) is 4.17. The lowest BCUT2D eigenvalue weighted by molar-refractivity contribution is 0.239. The van der Waals surface area contributed by atoms with Crippen molar-refractivity contribution in [1.82, 2.24) is 15.6 Å². The van der Waals surface area contributed by atoms with Crippen LogP contribution in [0.4, 0.5) is 10.5 Å². The first-order chi connectivity index (χ1) is 11.2. The van der Waals surface area contributed by atoms with E-state index in [-0.39, 0.29) is 12.1 Å². The Hall–Kier alpha value is -2.56.